The van der Waals surface area contributed by atoms with E-state index in [0.29, 0.717) is 23.9 Å². The molecule has 2 N–H and O–H groups in total. The summed E-state index contributed by atoms with van der Waals surface area (Å²) in [5, 5.41) is 0. The molecule has 0 fully saturated rings. The molecule has 2 aromatic rings. The molecule has 0 aliphatic heterocycles. The van der Waals surface area contributed by atoms with Crippen LogP contribution in [0.3, 0.4) is 0 Å². The highest BCUT2D eigenvalue weighted by Gasteiger charge is 2.05. The first kappa shape index (κ1) is 14.6. The maximum absolute atomic E-state index is 5.66. The second-order valence-corrected chi connectivity index (χ2v) is 4.83. The molecule has 5 heteroatoms. The van der Waals surface area contributed by atoms with Gasteiger partial charge in [-0.15, -0.1) is 0 Å². The van der Waals surface area contributed by atoms with Crippen LogP contribution < -0.4 is 5.73 Å². The predicted molar refractivity (Wildman–Crippen MR) is 82.3 cm³/mol. The molecule has 0 spiro atoms. The van der Waals surface area contributed by atoms with E-state index in [-0.39, 0.29) is 0 Å². The number of rotatable bonds is 7. The van der Waals surface area contributed by atoms with Crippen molar-refractivity contribution in [2.24, 2.45) is 5.73 Å². The summed E-state index contributed by atoms with van der Waals surface area (Å²) in [5.74, 6) is 0. The molecule has 0 aliphatic carbocycles. The molecule has 0 amide bonds. The van der Waals surface area contributed by atoms with Crippen LogP contribution in [0.1, 0.15) is 23.2 Å². The van der Waals surface area contributed by atoms with Crippen molar-refractivity contribution in [2.45, 2.75) is 19.4 Å². The minimum absolute atomic E-state index is 0.306. The van der Waals surface area contributed by atoms with Crippen LogP contribution in [0.15, 0.2) is 42.9 Å². The zero-order chi connectivity index (χ0) is 14.2. The highest BCUT2D eigenvalue weighted by Crippen LogP contribution is 2.08. The number of thiocarbonyl (C=S) groups is 1. The molecule has 0 aliphatic rings. The van der Waals surface area contributed by atoms with Crippen molar-refractivity contribution in [1.82, 2.24) is 9.97 Å². The van der Waals surface area contributed by atoms with E-state index in [1.54, 1.807) is 18.6 Å². The Morgan fingerprint density at radius 3 is 2.75 bits per heavy atom. The Morgan fingerprint density at radius 2 is 2.00 bits per heavy atom. The largest absolute Gasteiger partial charge is 0.388 e. The van der Waals surface area contributed by atoms with E-state index < -0.39 is 0 Å². The number of aromatic nitrogens is 2. The van der Waals surface area contributed by atoms with Crippen LogP contribution in [0.25, 0.3) is 0 Å². The van der Waals surface area contributed by atoms with Crippen molar-refractivity contribution in [3.8, 4) is 0 Å². The average Bonchev–Trinajstić information content (AvgIpc) is 2.48. The lowest BCUT2D eigenvalue weighted by Crippen LogP contribution is -2.15. The zero-order valence-corrected chi connectivity index (χ0v) is 12.0. The number of ether oxygens (including phenoxy) is 1. The maximum Gasteiger partial charge on any atom is 0.123 e. The van der Waals surface area contributed by atoms with Crippen LogP contribution >= 0.6 is 12.2 Å². The van der Waals surface area contributed by atoms with E-state index >= 15 is 0 Å². The third-order valence-electron chi connectivity index (χ3n) is 2.89. The normalized spacial score (nSPS) is 10.4. The summed E-state index contributed by atoms with van der Waals surface area (Å²) in [6.07, 6.45) is 7.24. The van der Waals surface area contributed by atoms with Crippen molar-refractivity contribution in [1.29, 1.82) is 0 Å². The van der Waals surface area contributed by atoms with Crippen LogP contribution in [0.2, 0.25) is 0 Å². The molecule has 0 saturated carbocycles. The topological polar surface area (TPSA) is 61.0 Å². The number of hydrogen-bond donors (Lipinski definition) is 1. The Morgan fingerprint density at radius 1 is 1.20 bits per heavy atom. The number of aryl methyl sites for hydroxylation is 1. The highest BCUT2D eigenvalue weighted by atomic mass is 32.1. The first-order chi connectivity index (χ1) is 9.77. The summed E-state index contributed by atoms with van der Waals surface area (Å²) in [6.45, 7) is 1.17. The molecule has 0 atom stereocenters. The number of hydrogen-bond acceptors (Lipinski definition) is 4. The molecule has 0 radical (unpaired) electrons. The van der Waals surface area contributed by atoms with Gasteiger partial charge in [0, 0.05) is 30.8 Å². The van der Waals surface area contributed by atoms with E-state index in [2.05, 4.69) is 9.97 Å². The molecular weight excluding hydrogens is 270 g/mol. The molecule has 2 rings (SSSR count). The minimum atomic E-state index is 0.306. The molecule has 2 aromatic heterocycles. The van der Waals surface area contributed by atoms with Gasteiger partial charge in [0.1, 0.15) is 10.7 Å². The summed E-state index contributed by atoms with van der Waals surface area (Å²) in [4.78, 5) is 8.47. The summed E-state index contributed by atoms with van der Waals surface area (Å²) in [7, 11) is 0. The molecule has 4 nitrogen and oxygen atoms in total. The van der Waals surface area contributed by atoms with Gasteiger partial charge in [-0.3, -0.25) is 9.97 Å². The van der Waals surface area contributed by atoms with Gasteiger partial charge in [-0.1, -0.05) is 18.3 Å². The Balaban J connectivity index is 1.75. The predicted octanol–water partition coefficient (Wildman–Crippen LogP) is 2.26. The summed E-state index contributed by atoms with van der Waals surface area (Å²) in [5.41, 5.74) is 8.48. The fraction of sp³-hybridized carbons (Fsp3) is 0.267. The number of pyridine rings is 2. The van der Waals surface area contributed by atoms with Gasteiger partial charge in [-0.2, -0.15) is 0 Å². The molecular formula is C15H17N3OS. The number of nitrogens with two attached hydrogens (primary N) is 1. The maximum atomic E-state index is 5.66. The van der Waals surface area contributed by atoms with Crippen molar-refractivity contribution in [3.05, 3.63) is 59.7 Å². The van der Waals surface area contributed by atoms with Gasteiger partial charge >= 0.3 is 0 Å². The highest BCUT2D eigenvalue weighted by molar-refractivity contribution is 7.80. The third-order valence-corrected chi connectivity index (χ3v) is 3.08. The van der Waals surface area contributed by atoms with Crippen LogP contribution in [-0.2, 0) is 17.8 Å². The molecule has 0 aromatic carbocycles. The fourth-order valence-corrected chi connectivity index (χ4v) is 2.07. The zero-order valence-electron chi connectivity index (χ0n) is 11.2. The average molecular weight is 287 g/mol. The van der Waals surface area contributed by atoms with Crippen molar-refractivity contribution in [2.75, 3.05) is 6.61 Å². The van der Waals surface area contributed by atoms with Crippen LogP contribution in [0.4, 0.5) is 0 Å². The Kier molecular flexibility index (Phi) is 5.58. The SMILES string of the molecule is NC(=S)c1ncccc1COCCCc1ccncc1. The van der Waals surface area contributed by atoms with Crippen LogP contribution in [0.5, 0.6) is 0 Å². The lowest BCUT2D eigenvalue weighted by atomic mass is 10.1. The molecule has 0 bridgehead atoms. The Hall–Kier alpha value is -1.85. The first-order valence-corrected chi connectivity index (χ1v) is 6.88. The summed E-state index contributed by atoms with van der Waals surface area (Å²) >= 11 is 4.97. The Labute approximate surface area is 124 Å². The summed E-state index contributed by atoms with van der Waals surface area (Å²) < 4.78 is 5.66. The van der Waals surface area contributed by atoms with Crippen molar-refractivity contribution >= 4 is 17.2 Å². The van der Waals surface area contributed by atoms with E-state index in [1.807, 2.05) is 24.3 Å². The van der Waals surface area contributed by atoms with Gasteiger partial charge in [0.2, 0.25) is 0 Å². The Bertz CT molecular complexity index is 560. The smallest absolute Gasteiger partial charge is 0.123 e. The van der Waals surface area contributed by atoms with E-state index in [1.165, 1.54) is 5.56 Å². The van der Waals surface area contributed by atoms with Gasteiger partial charge in [0.15, 0.2) is 0 Å². The second kappa shape index (κ2) is 7.67. The molecule has 2 heterocycles. The van der Waals surface area contributed by atoms with Crippen LogP contribution in [-0.4, -0.2) is 21.6 Å². The van der Waals surface area contributed by atoms with E-state index in [0.717, 1.165) is 18.4 Å². The molecule has 0 unspecified atom stereocenters. The third kappa shape index (κ3) is 4.36. The van der Waals surface area contributed by atoms with Gasteiger partial charge in [-0.05, 0) is 36.6 Å². The van der Waals surface area contributed by atoms with Gasteiger partial charge in [-0.25, -0.2) is 0 Å². The minimum Gasteiger partial charge on any atom is -0.388 e. The van der Waals surface area contributed by atoms with E-state index in [4.69, 9.17) is 22.7 Å². The second-order valence-electron chi connectivity index (χ2n) is 4.39. The monoisotopic (exact) mass is 287 g/mol. The van der Waals surface area contributed by atoms with Crippen molar-refractivity contribution < 1.29 is 4.74 Å². The molecule has 104 valence electrons. The quantitative estimate of drug-likeness (QED) is 0.625. The fourth-order valence-electron chi connectivity index (χ4n) is 1.89. The van der Waals surface area contributed by atoms with Gasteiger partial charge in [0.05, 0.1) is 6.61 Å². The standard InChI is InChI=1S/C15H17N3OS/c16-15(20)14-13(4-1-7-18-14)11-19-10-2-3-12-5-8-17-9-6-12/h1,4-9H,2-3,10-11H2,(H2,16,20). The first-order valence-electron chi connectivity index (χ1n) is 6.47. The van der Waals surface area contributed by atoms with E-state index in [9.17, 15) is 0 Å². The lowest BCUT2D eigenvalue weighted by Gasteiger charge is -2.08. The van der Waals surface area contributed by atoms with Crippen LogP contribution in [0, 0.1) is 0 Å². The summed E-state index contributed by atoms with van der Waals surface area (Å²) in [6, 6.07) is 7.83. The van der Waals surface area contributed by atoms with Gasteiger partial charge < -0.3 is 10.5 Å². The van der Waals surface area contributed by atoms with Gasteiger partial charge in [0.25, 0.3) is 0 Å². The molecule has 0 saturated heterocycles. The molecule has 20 heavy (non-hydrogen) atoms. The number of nitrogens with zero attached hydrogens (tertiary/aromatic N) is 2. The lowest BCUT2D eigenvalue weighted by molar-refractivity contribution is 0.118. The van der Waals surface area contributed by atoms with Crippen molar-refractivity contribution in [3.63, 3.8) is 0 Å².